The molecule has 2 aromatic heterocycles. The first-order valence-corrected chi connectivity index (χ1v) is 8.21. The maximum Gasteiger partial charge on any atom is 0.151 e. The summed E-state index contributed by atoms with van der Waals surface area (Å²) in [6, 6.07) is 22.2. The summed E-state index contributed by atoms with van der Waals surface area (Å²) in [5.41, 5.74) is 3.97. The van der Waals surface area contributed by atoms with Crippen molar-refractivity contribution >= 4 is 22.4 Å². The number of nitriles is 1. The van der Waals surface area contributed by atoms with Gasteiger partial charge in [-0.15, -0.1) is 11.3 Å². The lowest BCUT2D eigenvalue weighted by Crippen LogP contribution is -2.01. The van der Waals surface area contributed by atoms with Crippen LogP contribution in [0.3, 0.4) is 0 Å². The summed E-state index contributed by atoms with van der Waals surface area (Å²) in [6.07, 6.45) is 0. The Morgan fingerprint density at radius 3 is 2.57 bits per heavy atom. The van der Waals surface area contributed by atoms with Gasteiger partial charge in [0.2, 0.25) is 0 Å². The molecule has 0 saturated heterocycles. The fraction of sp³-hybridized carbons (Fsp3) is 0.0526. The SMILES string of the molecule is N#Cc1ccc(Cn2c(-c3cccs3)nc3ccccc32)cc1. The van der Waals surface area contributed by atoms with E-state index in [1.807, 2.05) is 48.5 Å². The van der Waals surface area contributed by atoms with Gasteiger partial charge in [-0.3, -0.25) is 0 Å². The molecule has 23 heavy (non-hydrogen) atoms. The molecule has 0 aliphatic carbocycles. The average molecular weight is 315 g/mol. The van der Waals surface area contributed by atoms with Crippen molar-refractivity contribution in [3.63, 3.8) is 0 Å². The molecule has 0 aliphatic rings. The van der Waals surface area contributed by atoms with E-state index in [1.54, 1.807) is 11.3 Å². The fourth-order valence-electron chi connectivity index (χ4n) is 2.70. The number of para-hydroxylation sites is 2. The van der Waals surface area contributed by atoms with Crippen molar-refractivity contribution in [1.82, 2.24) is 9.55 Å². The molecule has 0 radical (unpaired) electrons. The Kier molecular flexibility index (Phi) is 3.41. The Morgan fingerprint density at radius 2 is 1.83 bits per heavy atom. The molecule has 0 spiro atoms. The van der Waals surface area contributed by atoms with E-state index in [0.29, 0.717) is 5.56 Å². The molecule has 0 aliphatic heterocycles. The first-order chi connectivity index (χ1) is 11.3. The van der Waals surface area contributed by atoms with Crippen LogP contribution in [-0.2, 0) is 6.54 Å². The molecule has 0 unspecified atom stereocenters. The third kappa shape index (κ3) is 2.52. The summed E-state index contributed by atoms with van der Waals surface area (Å²) in [7, 11) is 0. The van der Waals surface area contributed by atoms with Crippen LogP contribution in [0.2, 0.25) is 0 Å². The minimum Gasteiger partial charge on any atom is -0.319 e. The molecule has 4 heteroatoms. The number of fused-ring (bicyclic) bond motifs is 1. The van der Waals surface area contributed by atoms with Crippen LogP contribution in [0.15, 0.2) is 66.0 Å². The van der Waals surface area contributed by atoms with Crippen molar-refractivity contribution in [2.75, 3.05) is 0 Å². The maximum absolute atomic E-state index is 8.93. The van der Waals surface area contributed by atoms with Crippen molar-refractivity contribution in [1.29, 1.82) is 5.26 Å². The number of hydrogen-bond donors (Lipinski definition) is 0. The van der Waals surface area contributed by atoms with Crippen molar-refractivity contribution in [3.8, 4) is 16.8 Å². The number of rotatable bonds is 3. The Bertz CT molecular complexity index is 989. The molecule has 0 saturated carbocycles. The van der Waals surface area contributed by atoms with Gasteiger partial charge >= 0.3 is 0 Å². The lowest BCUT2D eigenvalue weighted by Gasteiger charge is -2.08. The summed E-state index contributed by atoms with van der Waals surface area (Å²) in [4.78, 5) is 5.97. The van der Waals surface area contributed by atoms with Crippen molar-refractivity contribution in [2.24, 2.45) is 0 Å². The minimum absolute atomic E-state index is 0.683. The third-order valence-corrected chi connectivity index (χ3v) is 4.69. The van der Waals surface area contributed by atoms with Gasteiger partial charge in [0.15, 0.2) is 5.82 Å². The summed E-state index contributed by atoms with van der Waals surface area (Å²) in [5.74, 6) is 0.991. The van der Waals surface area contributed by atoms with Crippen LogP contribution in [0.25, 0.3) is 21.7 Å². The van der Waals surface area contributed by atoms with Gasteiger partial charge in [0.25, 0.3) is 0 Å². The molecule has 3 nitrogen and oxygen atoms in total. The molecular formula is C19H13N3S. The van der Waals surface area contributed by atoms with E-state index in [0.717, 1.165) is 33.8 Å². The van der Waals surface area contributed by atoms with E-state index in [-0.39, 0.29) is 0 Å². The van der Waals surface area contributed by atoms with Gasteiger partial charge in [-0.05, 0) is 41.3 Å². The summed E-state index contributed by atoms with van der Waals surface area (Å²) >= 11 is 1.70. The topological polar surface area (TPSA) is 41.6 Å². The molecule has 0 bridgehead atoms. The quantitative estimate of drug-likeness (QED) is 0.550. The second kappa shape index (κ2) is 5.71. The average Bonchev–Trinajstić information content (AvgIpc) is 3.24. The van der Waals surface area contributed by atoms with Gasteiger partial charge in [0.05, 0.1) is 27.5 Å². The van der Waals surface area contributed by atoms with Crippen LogP contribution in [0.1, 0.15) is 11.1 Å². The summed E-state index contributed by atoms with van der Waals surface area (Å²) < 4.78 is 2.24. The fourth-order valence-corrected chi connectivity index (χ4v) is 3.42. The monoisotopic (exact) mass is 315 g/mol. The number of hydrogen-bond acceptors (Lipinski definition) is 3. The summed E-state index contributed by atoms with van der Waals surface area (Å²) in [6.45, 7) is 0.736. The molecule has 0 atom stereocenters. The number of benzene rings is 2. The molecule has 2 aromatic carbocycles. The van der Waals surface area contributed by atoms with E-state index >= 15 is 0 Å². The van der Waals surface area contributed by atoms with Crippen LogP contribution < -0.4 is 0 Å². The molecule has 4 rings (SSSR count). The largest absolute Gasteiger partial charge is 0.319 e. The zero-order chi connectivity index (χ0) is 15.6. The highest BCUT2D eigenvalue weighted by molar-refractivity contribution is 7.13. The van der Waals surface area contributed by atoms with Crippen molar-refractivity contribution in [3.05, 3.63) is 77.2 Å². The second-order valence-corrected chi connectivity index (χ2v) is 6.24. The number of thiophene rings is 1. The predicted molar refractivity (Wildman–Crippen MR) is 93.3 cm³/mol. The zero-order valence-corrected chi connectivity index (χ0v) is 13.1. The number of nitrogens with zero attached hydrogens (tertiary/aromatic N) is 3. The smallest absolute Gasteiger partial charge is 0.151 e. The van der Waals surface area contributed by atoms with Gasteiger partial charge in [0, 0.05) is 6.54 Å². The highest BCUT2D eigenvalue weighted by Crippen LogP contribution is 2.28. The first kappa shape index (κ1) is 13.7. The van der Waals surface area contributed by atoms with Gasteiger partial charge in [-0.2, -0.15) is 5.26 Å². The predicted octanol–water partition coefficient (Wildman–Crippen LogP) is 4.68. The summed E-state index contributed by atoms with van der Waals surface area (Å²) in [5, 5.41) is 11.0. The molecule has 4 aromatic rings. The molecule has 0 amide bonds. The lowest BCUT2D eigenvalue weighted by molar-refractivity contribution is 0.836. The van der Waals surface area contributed by atoms with E-state index in [9.17, 15) is 0 Å². The van der Waals surface area contributed by atoms with Crippen molar-refractivity contribution < 1.29 is 0 Å². The van der Waals surface area contributed by atoms with Crippen molar-refractivity contribution in [2.45, 2.75) is 6.54 Å². The second-order valence-electron chi connectivity index (χ2n) is 5.30. The van der Waals surface area contributed by atoms with Gasteiger partial charge < -0.3 is 4.57 Å². The maximum atomic E-state index is 8.93. The Hall–Kier alpha value is -2.90. The molecular weight excluding hydrogens is 302 g/mol. The van der Waals surface area contributed by atoms with Gasteiger partial charge in [0.1, 0.15) is 0 Å². The molecule has 2 heterocycles. The Morgan fingerprint density at radius 1 is 1.00 bits per heavy atom. The van der Waals surface area contributed by atoms with E-state index in [2.05, 4.69) is 28.1 Å². The minimum atomic E-state index is 0.683. The lowest BCUT2D eigenvalue weighted by atomic mass is 10.1. The Balaban J connectivity index is 1.84. The van der Waals surface area contributed by atoms with Crippen LogP contribution in [0.4, 0.5) is 0 Å². The van der Waals surface area contributed by atoms with Crippen LogP contribution in [0, 0.1) is 11.3 Å². The molecule has 0 fully saturated rings. The van der Waals surface area contributed by atoms with Gasteiger partial charge in [-0.1, -0.05) is 30.3 Å². The van der Waals surface area contributed by atoms with E-state index in [1.165, 1.54) is 0 Å². The number of aromatic nitrogens is 2. The van der Waals surface area contributed by atoms with E-state index in [4.69, 9.17) is 10.2 Å². The Labute approximate surface area is 138 Å². The van der Waals surface area contributed by atoms with E-state index < -0.39 is 0 Å². The van der Waals surface area contributed by atoms with Crippen LogP contribution in [-0.4, -0.2) is 9.55 Å². The third-order valence-electron chi connectivity index (χ3n) is 3.82. The zero-order valence-electron chi connectivity index (χ0n) is 12.3. The highest BCUT2D eigenvalue weighted by atomic mass is 32.1. The standard InChI is InChI=1S/C19H13N3S/c20-12-14-7-9-15(10-8-14)13-22-17-5-2-1-4-16(17)21-19(22)18-6-3-11-23-18/h1-11H,13H2. The molecule has 110 valence electrons. The first-order valence-electron chi connectivity index (χ1n) is 7.33. The van der Waals surface area contributed by atoms with Gasteiger partial charge in [-0.25, -0.2) is 4.98 Å². The van der Waals surface area contributed by atoms with Crippen LogP contribution in [0.5, 0.6) is 0 Å². The highest BCUT2D eigenvalue weighted by Gasteiger charge is 2.13. The molecule has 0 N–H and O–H groups in total. The normalized spacial score (nSPS) is 10.7. The number of imidazole rings is 1. The van der Waals surface area contributed by atoms with Crippen LogP contribution >= 0.6 is 11.3 Å².